The molecule has 0 radical (unpaired) electrons. The average molecular weight is 239 g/mol. The molecule has 1 saturated heterocycles. The standard InChI is InChI=1S/C12H17NO2S/c1-12(2)4-5-13(8-12)7-9-3-6-16-10(9)11(14)15/h3,6H,4-5,7-8H2,1-2H3,(H,14,15). The highest BCUT2D eigenvalue weighted by atomic mass is 32.1. The molecule has 88 valence electrons. The summed E-state index contributed by atoms with van der Waals surface area (Å²) in [7, 11) is 0. The molecule has 0 aliphatic carbocycles. The number of thiophene rings is 1. The van der Waals surface area contributed by atoms with Gasteiger partial charge in [0.05, 0.1) is 0 Å². The molecule has 2 heterocycles. The van der Waals surface area contributed by atoms with E-state index in [0.717, 1.165) is 25.2 Å². The van der Waals surface area contributed by atoms with Crippen LogP contribution in [0.25, 0.3) is 0 Å². The summed E-state index contributed by atoms with van der Waals surface area (Å²) in [5.74, 6) is -0.802. The van der Waals surface area contributed by atoms with E-state index in [9.17, 15) is 4.79 Å². The van der Waals surface area contributed by atoms with Crippen molar-refractivity contribution in [2.45, 2.75) is 26.8 Å². The number of likely N-dealkylation sites (tertiary alicyclic amines) is 1. The predicted molar refractivity (Wildman–Crippen MR) is 65.0 cm³/mol. The monoisotopic (exact) mass is 239 g/mol. The van der Waals surface area contributed by atoms with Crippen molar-refractivity contribution in [3.8, 4) is 0 Å². The lowest BCUT2D eigenvalue weighted by Gasteiger charge is -2.19. The maximum atomic E-state index is 11.0. The summed E-state index contributed by atoms with van der Waals surface area (Å²) in [4.78, 5) is 13.8. The molecule has 1 fully saturated rings. The van der Waals surface area contributed by atoms with Crippen LogP contribution in [0.1, 0.15) is 35.5 Å². The molecule has 0 aromatic carbocycles. The van der Waals surface area contributed by atoms with Gasteiger partial charge in [0, 0.05) is 13.1 Å². The van der Waals surface area contributed by atoms with Crippen LogP contribution < -0.4 is 0 Å². The van der Waals surface area contributed by atoms with E-state index < -0.39 is 5.97 Å². The molecule has 0 bridgehead atoms. The molecule has 1 aliphatic rings. The molecule has 0 atom stereocenters. The Labute approximate surface area is 99.7 Å². The van der Waals surface area contributed by atoms with Crippen molar-refractivity contribution in [1.82, 2.24) is 4.90 Å². The first-order valence-corrected chi connectivity index (χ1v) is 6.38. The maximum absolute atomic E-state index is 11.0. The minimum absolute atomic E-state index is 0.374. The molecule has 0 unspecified atom stereocenters. The molecule has 1 aromatic heterocycles. The van der Waals surface area contributed by atoms with Crippen molar-refractivity contribution in [3.05, 3.63) is 21.9 Å². The van der Waals surface area contributed by atoms with Crippen LogP contribution in [0.4, 0.5) is 0 Å². The van der Waals surface area contributed by atoms with Gasteiger partial charge in [-0.25, -0.2) is 4.79 Å². The minimum Gasteiger partial charge on any atom is -0.477 e. The number of aromatic carboxylic acids is 1. The molecule has 1 aromatic rings. The predicted octanol–water partition coefficient (Wildman–Crippen LogP) is 2.68. The summed E-state index contributed by atoms with van der Waals surface area (Å²) in [6.45, 7) is 7.43. The van der Waals surface area contributed by atoms with E-state index in [0.29, 0.717) is 10.3 Å². The van der Waals surface area contributed by atoms with Crippen molar-refractivity contribution in [3.63, 3.8) is 0 Å². The Morgan fingerprint density at radius 1 is 1.62 bits per heavy atom. The minimum atomic E-state index is -0.802. The zero-order chi connectivity index (χ0) is 11.8. The van der Waals surface area contributed by atoms with E-state index in [2.05, 4.69) is 18.7 Å². The topological polar surface area (TPSA) is 40.5 Å². The SMILES string of the molecule is CC1(C)CCN(Cc2ccsc2C(=O)O)C1. The summed E-state index contributed by atoms with van der Waals surface area (Å²) in [6.07, 6.45) is 1.19. The lowest BCUT2D eigenvalue weighted by Crippen LogP contribution is -2.23. The highest BCUT2D eigenvalue weighted by Crippen LogP contribution is 2.30. The van der Waals surface area contributed by atoms with Gasteiger partial charge < -0.3 is 5.11 Å². The molecule has 1 N–H and O–H groups in total. The number of carboxylic acids is 1. The summed E-state index contributed by atoms with van der Waals surface area (Å²) in [5, 5.41) is 10.9. The molecular weight excluding hydrogens is 222 g/mol. The Hall–Kier alpha value is -0.870. The van der Waals surface area contributed by atoms with Gasteiger partial charge in [-0.1, -0.05) is 13.8 Å². The Morgan fingerprint density at radius 2 is 2.38 bits per heavy atom. The number of rotatable bonds is 3. The quantitative estimate of drug-likeness (QED) is 0.881. The highest BCUT2D eigenvalue weighted by Gasteiger charge is 2.29. The van der Waals surface area contributed by atoms with E-state index in [1.165, 1.54) is 17.8 Å². The molecule has 1 aliphatic heterocycles. The summed E-state index contributed by atoms with van der Waals surface area (Å²) < 4.78 is 0. The van der Waals surface area contributed by atoms with E-state index in [1.807, 2.05) is 11.4 Å². The van der Waals surface area contributed by atoms with Crippen molar-refractivity contribution in [2.24, 2.45) is 5.41 Å². The molecule has 4 heteroatoms. The Morgan fingerprint density at radius 3 is 2.94 bits per heavy atom. The van der Waals surface area contributed by atoms with Crippen molar-refractivity contribution in [2.75, 3.05) is 13.1 Å². The van der Waals surface area contributed by atoms with Gasteiger partial charge in [-0.15, -0.1) is 11.3 Å². The normalized spacial score (nSPS) is 20.1. The van der Waals surface area contributed by atoms with Gasteiger partial charge in [-0.2, -0.15) is 0 Å². The van der Waals surface area contributed by atoms with E-state index in [-0.39, 0.29) is 0 Å². The molecule has 16 heavy (non-hydrogen) atoms. The third-order valence-electron chi connectivity index (χ3n) is 3.09. The zero-order valence-corrected chi connectivity index (χ0v) is 10.5. The van der Waals surface area contributed by atoms with Crippen molar-refractivity contribution in [1.29, 1.82) is 0 Å². The van der Waals surface area contributed by atoms with Crippen LogP contribution in [0.15, 0.2) is 11.4 Å². The van der Waals surface area contributed by atoms with Gasteiger partial charge >= 0.3 is 5.97 Å². The first-order chi connectivity index (χ1) is 7.48. The third-order valence-corrected chi connectivity index (χ3v) is 4.04. The fraction of sp³-hybridized carbons (Fsp3) is 0.583. The lowest BCUT2D eigenvalue weighted by molar-refractivity contribution is 0.0700. The molecule has 0 saturated carbocycles. The third kappa shape index (κ3) is 2.44. The molecule has 3 nitrogen and oxygen atoms in total. The van der Waals surface area contributed by atoms with Crippen LogP contribution in [0.3, 0.4) is 0 Å². The van der Waals surface area contributed by atoms with Crippen molar-refractivity contribution < 1.29 is 9.90 Å². The van der Waals surface area contributed by atoms with E-state index in [1.54, 1.807) is 0 Å². The zero-order valence-electron chi connectivity index (χ0n) is 9.69. The molecule has 0 amide bonds. The fourth-order valence-electron chi connectivity index (χ4n) is 2.25. The molecular formula is C12H17NO2S. The first-order valence-electron chi connectivity index (χ1n) is 5.50. The van der Waals surface area contributed by atoms with Crippen LogP contribution in [0, 0.1) is 5.41 Å². The van der Waals surface area contributed by atoms with E-state index >= 15 is 0 Å². The second-order valence-electron chi connectivity index (χ2n) is 5.20. The Bertz CT molecular complexity index is 397. The first kappa shape index (κ1) is 11.6. The van der Waals surface area contributed by atoms with Gasteiger partial charge in [-0.3, -0.25) is 4.90 Å². The van der Waals surface area contributed by atoms with Gasteiger partial charge in [0.1, 0.15) is 4.88 Å². The second kappa shape index (κ2) is 4.18. The lowest BCUT2D eigenvalue weighted by atomic mass is 9.93. The number of carbonyl (C=O) groups is 1. The second-order valence-corrected chi connectivity index (χ2v) is 6.12. The number of nitrogens with zero attached hydrogens (tertiary/aromatic N) is 1. The van der Waals surface area contributed by atoms with Crippen LogP contribution in [0.5, 0.6) is 0 Å². The van der Waals surface area contributed by atoms with Crippen molar-refractivity contribution >= 4 is 17.3 Å². The van der Waals surface area contributed by atoms with Gasteiger partial charge in [0.2, 0.25) is 0 Å². The summed E-state index contributed by atoms with van der Waals surface area (Å²) in [5.41, 5.74) is 1.33. The molecule has 2 rings (SSSR count). The number of carboxylic acid groups (broad SMARTS) is 1. The summed E-state index contributed by atoms with van der Waals surface area (Å²) >= 11 is 1.31. The Balaban J connectivity index is 2.05. The van der Waals surface area contributed by atoms with Gasteiger partial charge in [0.25, 0.3) is 0 Å². The Kier molecular flexibility index (Phi) is 3.04. The fourth-order valence-corrected chi connectivity index (χ4v) is 3.00. The number of hydrogen-bond acceptors (Lipinski definition) is 3. The van der Waals surface area contributed by atoms with Gasteiger partial charge in [0.15, 0.2) is 0 Å². The van der Waals surface area contributed by atoms with Crippen LogP contribution in [-0.4, -0.2) is 29.1 Å². The largest absolute Gasteiger partial charge is 0.477 e. The smallest absolute Gasteiger partial charge is 0.346 e. The van der Waals surface area contributed by atoms with Crippen LogP contribution in [-0.2, 0) is 6.54 Å². The van der Waals surface area contributed by atoms with E-state index in [4.69, 9.17) is 5.11 Å². The molecule has 0 spiro atoms. The van der Waals surface area contributed by atoms with Gasteiger partial charge in [-0.05, 0) is 35.4 Å². The highest BCUT2D eigenvalue weighted by molar-refractivity contribution is 7.12. The summed E-state index contributed by atoms with van der Waals surface area (Å²) in [6, 6.07) is 1.93. The van der Waals surface area contributed by atoms with Crippen LogP contribution in [0.2, 0.25) is 0 Å². The van der Waals surface area contributed by atoms with Crippen LogP contribution >= 0.6 is 11.3 Å². The number of hydrogen-bond donors (Lipinski definition) is 1. The maximum Gasteiger partial charge on any atom is 0.346 e. The average Bonchev–Trinajstić information content (AvgIpc) is 2.73.